The minimum Gasteiger partial charge on any atom is -0.494 e. The first-order chi connectivity index (χ1) is 11.5. The van der Waals surface area contributed by atoms with E-state index in [4.69, 9.17) is 14.3 Å². The van der Waals surface area contributed by atoms with E-state index < -0.39 is 5.97 Å². The zero-order valence-electron chi connectivity index (χ0n) is 13.1. The predicted molar refractivity (Wildman–Crippen MR) is 92.9 cm³/mol. The number of aliphatic carboxylic acids is 1. The van der Waals surface area contributed by atoms with Crippen molar-refractivity contribution in [1.82, 2.24) is 0 Å². The van der Waals surface area contributed by atoms with Gasteiger partial charge in [-0.25, -0.2) is 4.79 Å². The molecule has 3 aromatic rings. The summed E-state index contributed by atoms with van der Waals surface area (Å²) in [6.45, 7) is 2.31. The molecule has 1 aromatic heterocycles. The fourth-order valence-electron chi connectivity index (χ4n) is 2.40. The average Bonchev–Trinajstić information content (AvgIpc) is 2.91. The number of ether oxygens (including phenoxy) is 1. The highest BCUT2D eigenvalue weighted by molar-refractivity contribution is 7.16. The Morgan fingerprint density at radius 2 is 2.00 bits per heavy atom. The number of carboxylic acid groups (broad SMARTS) is 1. The van der Waals surface area contributed by atoms with E-state index in [9.17, 15) is 9.59 Å². The highest BCUT2D eigenvalue weighted by Gasteiger charge is 2.13. The van der Waals surface area contributed by atoms with Gasteiger partial charge in [0.25, 0.3) is 0 Å². The van der Waals surface area contributed by atoms with Gasteiger partial charge in [-0.15, -0.1) is 0 Å². The SMILES string of the molecule is Cc1ccc(-c2cc(OCCCC(=O)O)cc3sc(=O)oc23)cc1. The van der Waals surface area contributed by atoms with Crippen molar-refractivity contribution >= 4 is 27.6 Å². The highest BCUT2D eigenvalue weighted by Crippen LogP contribution is 2.34. The third-order valence-corrected chi connectivity index (χ3v) is 4.35. The van der Waals surface area contributed by atoms with Crippen molar-refractivity contribution in [2.24, 2.45) is 0 Å². The average molecular weight is 344 g/mol. The number of carbonyl (C=O) groups is 1. The molecule has 1 N–H and O–H groups in total. The maximum atomic E-state index is 11.6. The lowest BCUT2D eigenvalue weighted by atomic mass is 10.0. The lowest BCUT2D eigenvalue weighted by Gasteiger charge is -2.09. The van der Waals surface area contributed by atoms with Gasteiger partial charge in [0.15, 0.2) is 5.58 Å². The second-order valence-corrected chi connectivity index (χ2v) is 6.44. The monoisotopic (exact) mass is 344 g/mol. The van der Waals surface area contributed by atoms with E-state index in [0.29, 0.717) is 29.1 Å². The minimum atomic E-state index is -0.845. The van der Waals surface area contributed by atoms with Crippen molar-refractivity contribution in [2.75, 3.05) is 6.61 Å². The molecule has 0 radical (unpaired) electrons. The molecule has 0 fully saturated rings. The van der Waals surface area contributed by atoms with E-state index in [1.165, 1.54) is 0 Å². The molecule has 0 spiro atoms. The van der Waals surface area contributed by atoms with Crippen LogP contribution in [-0.2, 0) is 4.79 Å². The molecule has 0 bridgehead atoms. The summed E-state index contributed by atoms with van der Waals surface area (Å²) in [5.41, 5.74) is 3.41. The van der Waals surface area contributed by atoms with Crippen LogP contribution in [0, 0.1) is 6.92 Å². The van der Waals surface area contributed by atoms with E-state index >= 15 is 0 Å². The number of carboxylic acids is 1. The predicted octanol–water partition coefficient (Wildman–Crippen LogP) is 4.07. The van der Waals surface area contributed by atoms with Gasteiger partial charge < -0.3 is 14.3 Å². The zero-order chi connectivity index (χ0) is 17.1. The first-order valence-corrected chi connectivity index (χ1v) is 8.34. The molecule has 0 aliphatic rings. The maximum absolute atomic E-state index is 11.6. The summed E-state index contributed by atoms with van der Waals surface area (Å²) >= 11 is 1.03. The van der Waals surface area contributed by atoms with Crippen LogP contribution in [0.2, 0.25) is 0 Å². The van der Waals surface area contributed by atoms with Gasteiger partial charge in [0, 0.05) is 18.1 Å². The van der Waals surface area contributed by atoms with Crippen LogP contribution in [0.25, 0.3) is 21.4 Å². The molecule has 3 rings (SSSR count). The fraction of sp³-hybridized carbons (Fsp3) is 0.222. The molecule has 0 aliphatic carbocycles. The maximum Gasteiger partial charge on any atom is 0.396 e. The number of aryl methyl sites for hydroxylation is 1. The number of benzene rings is 2. The highest BCUT2D eigenvalue weighted by atomic mass is 32.1. The van der Waals surface area contributed by atoms with Crippen LogP contribution < -0.4 is 9.68 Å². The van der Waals surface area contributed by atoms with Gasteiger partial charge in [-0.1, -0.05) is 41.2 Å². The second kappa shape index (κ2) is 6.88. The standard InChI is InChI=1S/C18H16O5S/c1-11-4-6-12(7-5-11)14-9-13(22-8-2-3-16(19)20)10-15-17(14)23-18(21)24-15/h4-7,9-10H,2-3,8H2,1H3,(H,19,20). The van der Waals surface area contributed by atoms with Crippen LogP contribution in [-0.4, -0.2) is 17.7 Å². The van der Waals surface area contributed by atoms with E-state index in [0.717, 1.165) is 28.0 Å². The van der Waals surface area contributed by atoms with Gasteiger partial charge in [-0.2, -0.15) is 0 Å². The van der Waals surface area contributed by atoms with Crippen molar-refractivity contribution in [3.63, 3.8) is 0 Å². The Labute approximate surface area is 142 Å². The Kier molecular flexibility index (Phi) is 4.66. The second-order valence-electron chi connectivity index (χ2n) is 5.46. The Morgan fingerprint density at radius 3 is 2.71 bits per heavy atom. The molecule has 0 aliphatic heterocycles. The summed E-state index contributed by atoms with van der Waals surface area (Å²) in [6.07, 6.45) is 0.487. The Balaban J connectivity index is 1.95. The zero-order valence-corrected chi connectivity index (χ0v) is 13.9. The molecule has 6 heteroatoms. The Hall–Kier alpha value is -2.60. The first kappa shape index (κ1) is 16.3. The molecule has 0 atom stereocenters. The molecule has 5 nitrogen and oxygen atoms in total. The smallest absolute Gasteiger partial charge is 0.396 e. The first-order valence-electron chi connectivity index (χ1n) is 7.52. The number of hydrogen-bond donors (Lipinski definition) is 1. The Morgan fingerprint density at radius 1 is 1.25 bits per heavy atom. The Bertz CT molecular complexity index is 921. The van der Waals surface area contributed by atoms with Crippen molar-refractivity contribution in [1.29, 1.82) is 0 Å². The molecule has 0 unspecified atom stereocenters. The third-order valence-electron chi connectivity index (χ3n) is 3.57. The fourth-order valence-corrected chi connectivity index (χ4v) is 3.12. The lowest BCUT2D eigenvalue weighted by Crippen LogP contribution is -2.02. The van der Waals surface area contributed by atoms with Crippen LogP contribution in [0.15, 0.2) is 45.6 Å². The summed E-state index contributed by atoms with van der Waals surface area (Å²) in [5, 5.41) is 8.67. The quantitative estimate of drug-likeness (QED) is 0.682. The third kappa shape index (κ3) is 3.65. The van der Waals surface area contributed by atoms with Gasteiger partial charge in [0.2, 0.25) is 0 Å². The van der Waals surface area contributed by atoms with Crippen molar-refractivity contribution in [3.05, 3.63) is 51.7 Å². The molecule has 24 heavy (non-hydrogen) atoms. The largest absolute Gasteiger partial charge is 0.494 e. The van der Waals surface area contributed by atoms with Gasteiger partial charge in [0.05, 0.1) is 11.3 Å². The van der Waals surface area contributed by atoms with Crippen LogP contribution in [0.5, 0.6) is 5.75 Å². The van der Waals surface area contributed by atoms with Gasteiger partial charge in [0.1, 0.15) is 5.75 Å². The van der Waals surface area contributed by atoms with Crippen LogP contribution in [0.3, 0.4) is 0 Å². The molecule has 0 amide bonds. The normalized spacial score (nSPS) is 10.9. The van der Waals surface area contributed by atoms with Crippen molar-refractivity contribution in [2.45, 2.75) is 19.8 Å². The number of hydrogen-bond acceptors (Lipinski definition) is 5. The molecule has 124 valence electrons. The summed E-state index contributed by atoms with van der Waals surface area (Å²) < 4.78 is 11.7. The van der Waals surface area contributed by atoms with E-state index in [2.05, 4.69) is 0 Å². The van der Waals surface area contributed by atoms with Crippen LogP contribution in [0.4, 0.5) is 0 Å². The van der Waals surface area contributed by atoms with Crippen LogP contribution in [0.1, 0.15) is 18.4 Å². The molecule has 0 saturated carbocycles. The number of fused-ring (bicyclic) bond motifs is 1. The van der Waals surface area contributed by atoms with E-state index in [-0.39, 0.29) is 11.4 Å². The lowest BCUT2D eigenvalue weighted by molar-refractivity contribution is -0.137. The molecular weight excluding hydrogens is 328 g/mol. The van der Waals surface area contributed by atoms with Crippen LogP contribution >= 0.6 is 11.3 Å². The van der Waals surface area contributed by atoms with Gasteiger partial charge >= 0.3 is 10.9 Å². The molecular formula is C18H16O5S. The molecule has 1 heterocycles. The topological polar surface area (TPSA) is 76.7 Å². The summed E-state index contributed by atoms with van der Waals surface area (Å²) in [4.78, 5) is 21.8. The van der Waals surface area contributed by atoms with E-state index in [1.54, 1.807) is 6.07 Å². The minimum absolute atomic E-state index is 0.0616. The van der Waals surface area contributed by atoms with Crippen molar-refractivity contribution < 1.29 is 19.1 Å². The number of rotatable bonds is 6. The molecule has 2 aromatic carbocycles. The summed E-state index contributed by atoms with van der Waals surface area (Å²) in [6, 6.07) is 11.5. The summed E-state index contributed by atoms with van der Waals surface area (Å²) in [5.74, 6) is -0.247. The van der Waals surface area contributed by atoms with Crippen molar-refractivity contribution in [3.8, 4) is 16.9 Å². The van der Waals surface area contributed by atoms with Gasteiger partial charge in [-0.05, 0) is 25.0 Å². The summed E-state index contributed by atoms with van der Waals surface area (Å²) in [7, 11) is 0. The molecule has 0 saturated heterocycles. The van der Waals surface area contributed by atoms with E-state index in [1.807, 2.05) is 37.3 Å². The van der Waals surface area contributed by atoms with Gasteiger partial charge in [-0.3, -0.25) is 4.79 Å².